The molecular formula is C13H11Cl3FN3. The van der Waals surface area contributed by atoms with Gasteiger partial charge in [-0.3, -0.25) is 0 Å². The fraction of sp³-hybridized carbons (Fsp3) is 0.231. The maximum Gasteiger partial charge on any atom is 0.160 e. The Morgan fingerprint density at radius 2 is 1.65 bits per heavy atom. The molecular weight excluding hydrogens is 324 g/mol. The van der Waals surface area contributed by atoms with Crippen molar-refractivity contribution in [2.24, 2.45) is 0 Å². The third-order valence-corrected chi connectivity index (χ3v) is 3.23. The van der Waals surface area contributed by atoms with Gasteiger partial charge in [-0.1, -0.05) is 48.7 Å². The van der Waals surface area contributed by atoms with Crippen molar-refractivity contribution in [3.8, 4) is 0 Å². The monoisotopic (exact) mass is 333 g/mol. The van der Waals surface area contributed by atoms with Gasteiger partial charge in [0.15, 0.2) is 5.82 Å². The normalized spacial score (nSPS) is 10.9. The van der Waals surface area contributed by atoms with Gasteiger partial charge in [-0.15, -0.1) is 0 Å². The number of anilines is 2. The van der Waals surface area contributed by atoms with Crippen LogP contribution in [0, 0.1) is 5.82 Å². The zero-order valence-electron chi connectivity index (χ0n) is 10.7. The number of halogens is 4. The van der Waals surface area contributed by atoms with Gasteiger partial charge in [0.2, 0.25) is 0 Å². The molecule has 20 heavy (non-hydrogen) atoms. The van der Waals surface area contributed by atoms with E-state index in [1.807, 2.05) is 13.8 Å². The van der Waals surface area contributed by atoms with Crippen molar-refractivity contribution in [1.82, 2.24) is 9.97 Å². The van der Waals surface area contributed by atoms with Crippen LogP contribution in [-0.2, 0) is 0 Å². The van der Waals surface area contributed by atoms with E-state index in [4.69, 9.17) is 34.8 Å². The molecule has 0 aliphatic carbocycles. The van der Waals surface area contributed by atoms with E-state index in [9.17, 15) is 4.39 Å². The summed E-state index contributed by atoms with van der Waals surface area (Å²) in [6, 6.07) is 4.42. The molecule has 0 amide bonds. The molecule has 0 atom stereocenters. The predicted molar refractivity (Wildman–Crippen MR) is 80.8 cm³/mol. The molecule has 0 unspecified atom stereocenters. The standard InChI is InChI=1S/C13H11Cl3FN3/c1-6(2)13-19-10(16)5-11(20-13)18-7-3-8(14)12(17)9(15)4-7/h3-6H,1-2H3,(H,18,19,20). The minimum atomic E-state index is -0.650. The van der Waals surface area contributed by atoms with Crippen LogP contribution >= 0.6 is 34.8 Å². The van der Waals surface area contributed by atoms with Gasteiger partial charge < -0.3 is 5.32 Å². The van der Waals surface area contributed by atoms with Crippen LogP contribution in [0.25, 0.3) is 0 Å². The first-order valence-electron chi connectivity index (χ1n) is 5.83. The van der Waals surface area contributed by atoms with E-state index in [-0.39, 0.29) is 16.0 Å². The molecule has 0 spiro atoms. The molecule has 0 aliphatic rings. The molecule has 1 heterocycles. The van der Waals surface area contributed by atoms with Crippen molar-refractivity contribution < 1.29 is 4.39 Å². The molecule has 0 fully saturated rings. The Labute approximate surface area is 131 Å². The molecule has 0 aliphatic heterocycles. The third kappa shape index (κ3) is 3.51. The largest absolute Gasteiger partial charge is 0.340 e. The smallest absolute Gasteiger partial charge is 0.160 e. The molecule has 106 valence electrons. The van der Waals surface area contributed by atoms with Gasteiger partial charge in [0.1, 0.15) is 16.8 Å². The van der Waals surface area contributed by atoms with Crippen molar-refractivity contribution in [3.05, 3.63) is 45.0 Å². The second-order valence-electron chi connectivity index (χ2n) is 4.47. The lowest BCUT2D eigenvalue weighted by Crippen LogP contribution is -2.02. The van der Waals surface area contributed by atoms with Gasteiger partial charge in [0.05, 0.1) is 10.0 Å². The number of aromatic nitrogens is 2. The summed E-state index contributed by atoms with van der Waals surface area (Å²) < 4.78 is 13.3. The van der Waals surface area contributed by atoms with Crippen molar-refractivity contribution in [1.29, 1.82) is 0 Å². The van der Waals surface area contributed by atoms with E-state index in [2.05, 4.69) is 15.3 Å². The Hall–Kier alpha value is -1.10. The van der Waals surface area contributed by atoms with Gasteiger partial charge in [0.25, 0.3) is 0 Å². The van der Waals surface area contributed by atoms with E-state index in [1.165, 1.54) is 12.1 Å². The molecule has 0 saturated carbocycles. The number of rotatable bonds is 3. The Morgan fingerprint density at radius 3 is 2.20 bits per heavy atom. The highest BCUT2D eigenvalue weighted by Crippen LogP contribution is 2.29. The second kappa shape index (κ2) is 6.12. The van der Waals surface area contributed by atoms with Crippen LogP contribution in [0.5, 0.6) is 0 Å². The summed E-state index contributed by atoms with van der Waals surface area (Å²) in [7, 11) is 0. The lowest BCUT2D eigenvalue weighted by molar-refractivity contribution is 0.629. The zero-order valence-corrected chi connectivity index (χ0v) is 13.0. The summed E-state index contributed by atoms with van der Waals surface area (Å²) in [5.74, 6) is 0.587. The molecule has 0 bridgehead atoms. The van der Waals surface area contributed by atoms with E-state index in [0.717, 1.165) is 0 Å². The molecule has 1 aromatic heterocycles. The van der Waals surface area contributed by atoms with E-state index >= 15 is 0 Å². The number of nitrogens with zero attached hydrogens (tertiary/aromatic N) is 2. The number of hydrogen-bond donors (Lipinski definition) is 1. The molecule has 0 radical (unpaired) electrons. The molecule has 1 N–H and O–H groups in total. The van der Waals surface area contributed by atoms with Crippen LogP contribution in [0.2, 0.25) is 15.2 Å². The average Bonchev–Trinajstić information content (AvgIpc) is 2.35. The van der Waals surface area contributed by atoms with Crippen LogP contribution in [-0.4, -0.2) is 9.97 Å². The Bertz CT molecular complexity index is 624. The molecule has 1 aromatic carbocycles. The Balaban J connectivity index is 2.35. The van der Waals surface area contributed by atoms with Crippen molar-refractivity contribution >= 4 is 46.3 Å². The topological polar surface area (TPSA) is 37.8 Å². The van der Waals surface area contributed by atoms with Gasteiger partial charge >= 0.3 is 0 Å². The van der Waals surface area contributed by atoms with Crippen LogP contribution in [0.1, 0.15) is 25.6 Å². The van der Waals surface area contributed by atoms with Crippen LogP contribution in [0.3, 0.4) is 0 Å². The second-order valence-corrected chi connectivity index (χ2v) is 5.67. The minimum Gasteiger partial charge on any atom is -0.340 e. The summed E-state index contributed by atoms with van der Waals surface area (Å²) >= 11 is 17.4. The summed E-state index contributed by atoms with van der Waals surface area (Å²) in [6.45, 7) is 3.92. The summed E-state index contributed by atoms with van der Waals surface area (Å²) in [5, 5.41) is 3.17. The van der Waals surface area contributed by atoms with Crippen molar-refractivity contribution in [3.63, 3.8) is 0 Å². The Kier molecular flexibility index (Phi) is 4.68. The van der Waals surface area contributed by atoms with Gasteiger partial charge in [0, 0.05) is 17.7 Å². The third-order valence-electron chi connectivity index (χ3n) is 2.48. The van der Waals surface area contributed by atoms with Gasteiger partial charge in [-0.05, 0) is 12.1 Å². The SMILES string of the molecule is CC(C)c1nc(Cl)cc(Nc2cc(Cl)c(F)c(Cl)c2)n1. The van der Waals surface area contributed by atoms with E-state index < -0.39 is 5.82 Å². The van der Waals surface area contributed by atoms with Gasteiger partial charge in [-0.25, -0.2) is 14.4 Å². The fourth-order valence-electron chi connectivity index (χ4n) is 1.53. The molecule has 2 aromatic rings. The highest BCUT2D eigenvalue weighted by atomic mass is 35.5. The van der Waals surface area contributed by atoms with Crippen LogP contribution < -0.4 is 5.32 Å². The highest BCUT2D eigenvalue weighted by Gasteiger charge is 2.10. The highest BCUT2D eigenvalue weighted by molar-refractivity contribution is 6.35. The average molecular weight is 335 g/mol. The van der Waals surface area contributed by atoms with Gasteiger partial charge in [-0.2, -0.15) is 0 Å². The Morgan fingerprint density at radius 1 is 1.05 bits per heavy atom. The van der Waals surface area contributed by atoms with Crippen molar-refractivity contribution in [2.75, 3.05) is 5.32 Å². The lowest BCUT2D eigenvalue weighted by Gasteiger charge is -2.10. The number of benzene rings is 1. The van der Waals surface area contributed by atoms with E-state index in [1.54, 1.807) is 6.07 Å². The maximum absolute atomic E-state index is 13.3. The first-order chi connectivity index (χ1) is 9.36. The van der Waals surface area contributed by atoms with Crippen molar-refractivity contribution in [2.45, 2.75) is 19.8 Å². The molecule has 3 nitrogen and oxygen atoms in total. The first kappa shape index (κ1) is 15.3. The number of nitrogens with one attached hydrogen (secondary N) is 1. The quantitative estimate of drug-likeness (QED) is 0.599. The lowest BCUT2D eigenvalue weighted by atomic mass is 10.2. The maximum atomic E-state index is 13.3. The van der Waals surface area contributed by atoms with Crippen LogP contribution in [0.15, 0.2) is 18.2 Å². The summed E-state index contributed by atoms with van der Waals surface area (Å²) in [5.41, 5.74) is 0.519. The molecule has 7 heteroatoms. The minimum absolute atomic E-state index is 0.0655. The fourth-order valence-corrected chi connectivity index (χ4v) is 2.21. The van der Waals surface area contributed by atoms with E-state index in [0.29, 0.717) is 22.5 Å². The molecule has 2 rings (SSSR count). The van der Waals surface area contributed by atoms with Crippen LogP contribution in [0.4, 0.5) is 15.9 Å². The first-order valence-corrected chi connectivity index (χ1v) is 6.96. The molecule has 0 saturated heterocycles. The summed E-state index contributed by atoms with van der Waals surface area (Å²) in [6.07, 6.45) is 0. The number of hydrogen-bond acceptors (Lipinski definition) is 3. The predicted octanol–water partition coefficient (Wildman–Crippen LogP) is 5.44. The zero-order chi connectivity index (χ0) is 14.9. The summed E-state index contributed by atoms with van der Waals surface area (Å²) in [4.78, 5) is 8.45.